The van der Waals surface area contributed by atoms with Crippen molar-refractivity contribution in [2.45, 2.75) is 36.1 Å². The summed E-state index contributed by atoms with van der Waals surface area (Å²) in [4.78, 5) is 12.5. The Morgan fingerprint density at radius 2 is 2.07 bits per heavy atom. The van der Waals surface area contributed by atoms with E-state index >= 15 is 0 Å². The summed E-state index contributed by atoms with van der Waals surface area (Å²) in [5.74, 6) is 1.91. The smallest absolute Gasteiger partial charge is 0.331 e. The topological polar surface area (TPSA) is 54.0 Å². The predicted molar refractivity (Wildman–Crippen MR) is 124 cm³/mol. The molecule has 156 valence electrons. The normalized spacial score (nSPS) is 21.2. The lowest BCUT2D eigenvalue weighted by molar-refractivity contribution is -0.155. The van der Waals surface area contributed by atoms with Crippen molar-refractivity contribution in [1.82, 2.24) is 0 Å². The Hall–Kier alpha value is -2.48. The van der Waals surface area contributed by atoms with Gasteiger partial charge in [-0.3, -0.25) is 0 Å². The first-order valence-electron chi connectivity index (χ1n) is 9.72. The summed E-state index contributed by atoms with van der Waals surface area (Å²) >= 11 is 2.23. The first-order valence-corrected chi connectivity index (χ1v) is 11.0. The molecule has 2 atom stereocenters. The first kappa shape index (κ1) is 20.8. The van der Waals surface area contributed by atoms with Crippen molar-refractivity contribution in [2.24, 2.45) is 0 Å². The Balaban J connectivity index is 1.49. The molecule has 2 heterocycles. The molecule has 0 fully saturated rings. The number of hydrogen-bond donors (Lipinski definition) is 0. The molecule has 2 aliphatic rings. The molecule has 0 saturated heterocycles. The van der Waals surface area contributed by atoms with Crippen molar-refractivity contribution in [3.63, 3.8) is 0 Å². The van der Waals surface area contributed by atoms with Crippen LogP contribution in [-0.4, -0.2) is 28.9 Å². The van der Waals surface area contributed by atoms with Crippen LogP contribution in [0.15, 0.2) is 48.6 Å². The molecule has 30 heavy (non-hydrogen) atoms. The third-order valence-corrected chi connectivity index (χ3v) is 5.85. The second-order valence-electron chi connectivity index (χ2n) is 7.77. The average Bonchev–Trinajstić information content (AvgIpc) is 2.71. The summed E-state index contributed by atoms with van der Waals surface area (Å²) in [7, 11) is 1.61. The molecule has 2 aromatic rings. The average molecular weight is 518 g/mol. The molecule has 0 saturated carbocycles. The highest BCUT2D eigenvalue weighted by molar-refractivity contribution is 14.1. The quantitative estimate of drug-likeness (QED) is 0.241. The van der Waals surface area contributed by atoms with Crippen LogP contribution < -0.4 is 14.2 Å². The van der Waals surface area contributed by atoms with Gasteiger partial charge in [-0.25, -0.2) is 4.79 Å². The molecule has 0 amide bonds. The zero-order valence-corrected chi connectivity index (χ0v) is 19.2. The van der Waals surface area contributed by atoms with E-state index in [-0.39, 0.29) is 4.11 Å². The Labute approximate surface area is 189 Å². The van der Waals surface area contributed by atoms with Crippen LogP contribution in [0.4, 0.5) is 0 Å². The van der Waals surface area contributed by atoms with Crippen LogP contribution in [0.5, 0.6) is 17.2 Å². The van der Waals surface area contributed by atoms with E-state index in [2.05, 4.69) is 22.6 Å². The summed E-state index contributed by atoms with van der Waals surface area (Å²) in [6, 6.07) is 11.5. The number of halogens is 1. The van der Waals surface area contributed by atoms with Crippen LogP contribution in [0.1, 0.15) is 30.5 Å². The maximum absolute atomic E-state index is 12.5. The van der Waals surface area contributed by atoms with Crippen molar-refractivity contribution in [3.8, 4) is 17.2 Å². The van der Waals surface area contributed by atoms with E-state index in [4.69, 9.17) is 18.9 Å². The van der Waals surface area contributed by atoms with Crippen LogP contribution in [0, 0.1) is 0 Å². The minimum absolute atomic E-state index is 0.00910. The van der Waals surface area contributed by atoms with Crippen LogP contribution in [0.25, 0.3) is 12.2 Å². The highest BCUT2D eigenvalue weighted by Gasteiger charge is 2.40. The summed E-state index contributed by atoms with van der Waals surface area (Å²) < 4.78 is 23.1. The first-order chi connectivity index (χ1) is 14.3. The second kappa shape index (κ2) is 8.34. The van der Waals surface area contributed by atoms with E-state index in [1.54, 1.807) is 13.2 Å². The zero-order chi connectivity index (χ0) is 21.3. The van der Waals surface area contributed by atoms with Gasteiger partial charge < -0.3 is 18.9 Å². The molecular formula is C24H23IO5. The van der Waals surface area contributed by atoms with Crippen LogP contribution in [0.3, 0.4) is 0 Å². The van der Waals surface area contributed by atoms with Gasteiger partial charge in [-0.15, -0.1) is 0 Å². The molecule has 4 rings (SSSR count). The Kier molecular flexibility index (Phi) is 5.77. The van der Waals surface area contributed by atoms with Gasteiger partial charge in [0.2, 0.25) is 0 Å². The predicted octanol–water partition coefficient (Wildman–Crippen LogP) is 5.20. The number of carbonyl (C=O) groups excluding carboxylic acids is 1. The number of esters is 1. The number of alkyl halides is 1. The highest BCUT2D eigenvalue weighted by atomic mass is 127. The molecule has 0 aromatic heterocycles. The monoisotopic (exact) mass is 518 g/mol. The Bertz CT molecular complexity index is 1020. The van der Waals surface area contributed by atoms with Gasteiger partial charge in [0.15, 0.2) is 4.11 Å². The van der Waals surface area contributed by atoms with Crippen molar-refractivity contribution < 1.29 is 23.7 Å². The van der Waals surface area contributed by atoms with Gasteiger partial charge in [0.1, 0.15) is 29.0 Å². The Morgan fingerprint density at radius 3 is 2.87 bits per heavy atom. The van der Waals surface area contributed by atoms with Crippen LogP contribution in [-0.2, 0) is 16.0 Å². The largest absolute Gasteiger partial charge is 0.497 e. The van der Waals surface area contributed by atoms with Gasteiger partial charge >= 0.3 is 5.97 Å². The number of ether oxygens (including phenoxy) is 4. The number of hydrogen-bond acceptors (Lipinski definition) is 5. The van der Waals surface area contributed by atoms with Gasteiger partial charge in [0.25, 0.3) is 0 Å². The van der Waals surface area contributed by atoms with E-state index in [1.807, 2.05) is 62.4 Å². The summed E-state index contributed by atoms with van der Waals surface area (Å²) in [5, 5.41) is 0. The number of rotatable bonds is 4. The second-order valence-corrected chi connectivity index (χ2v) is 9.00. The van der Waals surface area contributed by atoms with E-state index in [0.717, 1.165) is 33.9 Å². The summed E-state index contributed by atoms with van der Waals surface area (Å²) in [5.41, 5.74) is 2.22. The molecule has 6 heteroatoms. The van der Waals surface area contributed by atoms with Gasteiger partial charge in [-0.2, -0.15) is 0 Å². The zero-order valence-electron chi connectivity index (χ0n) is 17.1. The maximum atomic E-state index is 12.5. The van der Waals surface area contributed by atoms with Crippen molar-refractivity contribution in [2.75, 3.05) is 7.11 Å². The third kappa shape index (κ3) is 4.48. The number of fused-ring (bicyclic) bond motifs is 2. The summed E-state index contributed by atoms with van der Waals surface area (Å²) in [6.07, 6.45) is 7.38. The third-order valence-electron chi connectivity index (χ3n) is 5.18. The van der Waals surface area contributed by atoms with Gasteiger partial charge in [-0.05, 0) is 77.9 Å². The standard InChI is InChI=1S/C24H23IO5/c1-24(2)21(29-23(26)10-7-15-5-4-6-18(11-15)27-3)13-17-12-16-8-9-22(25)28-19(16)14-20(17)30-24/h4-12,14,21-22H,13H2,1-3H3/b10-7+/t21-,22?/m1/s1. The van der Waals surface area contributed by atoms with Crippen LogP contribution >= 0.6 is 22.6 Å². The van der Waals surface area contributed by atoms with Gasteiger partial charge in [-0.1, -0.05) is 18.2 Å². The van der Waals surface area contributed by atoms with Gasteiger partial charge in [0, 0.05) is 24.1 Å². The van der Waals surface area contributed by atoms with Crippen molar-refractivity contribution in [1.29, 1.82) is 0 Å². The van der Waals surface area contributed by atoms with Crippen LogP contribution in [0.2, 0.25) is 0 Å². The van der Waals surface area contributed by atoms with Crippen molar-refractivity contribution in [3.05, 3.63) is 65.2 Å². The summed E-state index contributed by atoms with van der Waals surface area (Å²) in [6.45, 7) is 3.86. The van der Waals surface area contributed by atoms with Gasteiger partial charge in [0.05, 0.1) is 7.11 Å². The SMILES string of the molecule is COc1cccc(/C=C/C(=O)O[C@@H]2Cc3cc4c(cc3OC2(C)C)OC(I)C=C4)c1. The minimum atomic E-state index is -0.658. The minimum Gasteiger partial charge on any atom is -0.497 e. The van der Waals surface area contributed by atoms with E-state index in [0.29, 0.717) is 6.42 Å². The maximum Gasteiger partial charge on any atom is 0.331 e. The van der Waals surface area contributed by atoms with E-state index < -0.39 is 17.7 Å². The molecule has 0 spiro atoms. The van der Waals surface area contributed by atoms with Crippen molar-refractivity contribution >= 4 is 40.7 Å². The number of carbonyl (C=O) groups is 1. The van der Waals surface area contributed by atoms with E-state index in [1.165, 1.54) is 6.08 Å². The molecule has 2 aliphatic heterocycles. The fourth-order valence-electron chi connectivity index (χ4n) is 3.52. The molecular weight excluding hydrogens is 495 g/mol. The highest BCUT2D eigenvalue weighted by Crippen LogP contribution is 2.41. The number of methoxy groups -OCH3 is 1. The fraction of sp³-hybridized carbons (Fsp3) is 0.292. The lowest BCUT2D eigenvalue weighted by atomic mass is 9.89. The molecule has 0 N–H and O–H groups in total. The molecule has 1 unspecified atom stereocenters. The number of benzene rings is 2. The molecule has 2 aromatic carbocycles. The molecule has 0 bridgehead atoms. The lowest BCUT2D eigenvalue weighted by Gasteiger charge is -2.39. The Morgan fingerprint density at radius 1 is 1.23 bits per heavy atom. The lowest BCUT2D eigenvalue weighted by Crippen LogP contribution is -2.48. The molecule has 0 radical (unpaired) electrons. The molecule has 5 nitrogen and oxygen atoms in total. The molecule has 0 aliphatic carbocycles. The fourth-order valence-corrected chi connectivity index (χ4v) is 4.00. The van der Waals surface area contributed by atoms with E-state index in [9.17, 15) is 4.79 Å².